The fourth-order valence-corrected chi connectivity index (χ4v) is 2.22. The zero-order valence-corrected chi connectivity index (χ0v) is 14.4. The normalized spacial score (nSPS) is 11.9. The lowest BCUT2D eigenvalue weighted by molar-refractivity contribution is -0.176. The number of allylic oxidation sites excluding steroid dienone is 1. The summed E-state index contributed by atoms with van der Waals surface area (Å²) in [4.78, 5) is 12.1. The van der Waals surface area contributed by atoms with Gasteiger partial charge in [-0.15, -0.1) is 0 Å². The van der Waals surface area contributed by atoms with Crippen LogP contribution in [0.3, 0.4) is 0 Å². The van der Waals surface area contributed by atoms with Crippen molar-refractivity contribution in [3.05, 3.63) is 53.4 Å². The molecule has 8 heteroatoms. The number of carbonyl (C=O) groups is 1. The molecule has 0 saturated carbocycles. The van der Waals surface area contributed by atoms with Crippen molar-refractivity contribution in [3.63, 3.8) is 0 Å². The highest BCUT2D eigenvalue weighted by molar-refractivity contribution is 6.06. The van der Waals surface area contributed by atoms with E-state index in [2.05, 4.69) is 9.84 Å². The topological polar surface area (TPSA) is 53.4 Å². The maximum atomic E-state index is 12.2. The first-order valence-electron chi connectivity index (χ1n) is 7.88. The van der Waals surface area contributed by atoms with E-state index in [0.717, 1.165) is 0 Å². The minimum Gasteiger partial charge on any atom is -0.496 e. The Labute approximate surface area is 149 Å². The Morgan fingerprint density at radius 1 is 1.35 bits per heavy atom. The summed E-state index contributed by atoms with van der Waals surface area (Å²) in [5, 5.41) is 4.04. The molecular weight excluding hydrogens is 349 g/mol. The van der Waals surface area contributed by atoms with E-state index >= 15 is 0 Å². The first-order valence-corrected chi connectivity index (χ1v) is 7.88. The minimum atomic E-state index is -4.39. The molecule has 2 aromatic rings. The zero-order chi connectivity index (χ0) is 19.2. The number of ketones is 1. The maximum Gasteiger partial charge on any atom is 0.411 e. The van der Waals surface area contributed by atoms with Crippen LogP contribution in [0.15, 0.2) is 36.7 Å². The second-order valence-electron chi connectivity index (χ2n) is 5.46. The van der Waals surface area contributed by atoms with Crippen LogP contribution in [-0.4, -0.2) is 35.5 Å². The molecule has 0 aliphatic heterocycles. The third-order valence-corrected chi connectivity index (χ3v) is 3.50. The van der Waals surface area contributed by atoms with Crippen LogP contribution in [0.25, 0.3) is 6.08 Å². The van der Waals surface area contributed by atoms with Crippen molar-refractivity contribution >= 4 is 11.9 Å². The average molecular weight is 368 g/mol. The summed E-state index contributed by atoms with van der Waals surface area (Å²) in [6.07, 6.45) is 1.72. The molecule has 0 aliphatic carbocycles. The molecule has 5 nitrogen and oxygen atoms in total. The lowest BCUT2D eigenvalue weighted by atomic mass is 10.1. The van der Waals surface area contributed by atoms with Crippen molar-refractivity contribution in [2.45, 2.75) is 26.3 Å². The van der Waals surface area contributed by atoms with E-state index in [0.29, 0.717) is 29.0 Å². The van der Waals surface area contributed by atoms with E-state index < -0.39 is 12.8 Å². The van der Waals surface area contributed by atoms with Crippen LogP contribution in [0.1, 0.15) is 28.4 Å². The Bertz CT molecular complexity index is 782. The minimum absolute atomic E-state index is 0.213. The number of benzene rings is 1. The number of ether oxygens (including phenoxy) is 2. The molecule has 1 aromatic heterocycles. The quantitative estimate of drug-likeness (QED) is 0.524. The number of methoxy groups -OCH3 is 1. The van der Waals surface area contributed by atoms with Gasteiger partial charge in [0.1, 0.15) is 12.4 Å². The van der Waals surface area contributed by atoms with E-state index in [1.54, 1.807) is 35.2 Å². The smallest absolute Gasteiger partial charge is 0.411 e. The second-order valence-corrected chi connectivity index (χ2v) is 5.46. The number of aromatic nitrogens is 2. The number of aryl methyl sites for hydroxylation is 1. The molecule has 0 radical (unpaired) electrons. The van der Waals surface area contributed by atoms with Gasteiger partial charge in [0, 0.05) is 18.3 Å². The van der Waals surface area contributed by atoms with E-state index in [9.17, 15) is 18.0 Å². The van der Waals surface area contributed by atoms with Crippen LogP contribution in [0.5, 0.6) is 5.75 Å². The van der Waals surface area contributed by atoms with Gasteiger partial charge in [0.15, 0.2) is 5.78 Å². The van der Waals surface area contributed by atoms with Gasteiger partial charge in [0.2, 0.25) is 0 Å². The van der Waals surface area contributed by atoms with E-state index in [-0.39, 0.29) is 12.4 Å². The molecule has 1 heterocycles. The molecule has 140 valence electrons. The second kappa shape index (κ2) is 8.66. The summed E-state index contributed by atoms with van der Waals surface area (Å²) in [6.45, 7) is 0.991. The average Bonchev–Trinajstić information content (AvgIpc) is 3.08. The highest BCUT2D eigenvalue weighted by Gasteiger charge is 2.27. The van der Waals surface area contributed by atoms with Gasteiger partial charge >= 0.3 is 6.18 Å². The van der Waals surface area contributed by atoms with Crippen LogP contribution in [0, 0.1) is 0 Å². The monoisotopic (exact) mass is 368 g/mol. The number of hydrogen-bond acceptors (Lipinski definition) is 4. The molecule has 0 spiro atoms. The van der Waals surface area contributed by atoms with Crippen LogP contribution >= 0.6 is 0 Å². The van der Waals surface area contributed by atoms with Crippen LogP contribution < -0.4 is 4.74 Å². The SMILES string of the molecule is CCn1cc(C(=O)/C=C/c2ccc(OC)c(COCC(F)(F)F)c2)cn1. The lowest BCUT2D eigenvalue weighted by Crippen LogP contribution is -2.16. The Balaban J connectivity index is 2.08. The predicted octanol–water partition coefficient (Wildman–Crippen LogP) is 3.89. The highest BCUT2D eigenvalue weighted by atomic mass is 19.4. The number of hydrogen-bond donors (Lipinski definition) is 0. The van der Waals surface area contributed by atoms with E-state index in [4.69, 9.17) is 4.74 Å². The molecule has 0 fully saturated rings. The fraction of sp³-hybridized carbons (Fsp3) is 0.333. The van der Waals surface area contributed by atoms with Gasteiger partial charge in [0.25, 0.3) is 0 Å². The van der Waals surface area contributed by atoms with Crippen molar-refractivity contribution in [3.8, 4) is 5.75 Å². The van der Waals surface area contributed by atoms with Crippen molar-refractivity contribution in [2.75, 3.05) is 13.7 Å². The summed E-state index contributed by atoms with van der Waals surface area (Å²) >= 11 is 0. The molecule has 1 aromatic carbocycles. The summed E-state index contributed by atoms with van der Waals surface area (Å²) in [5.74, 6) is 0.204. The molecule has 26 heavy (non-hydrogen) atoms. The van der Waals surface area contributed by atoms with Crippen molar-refractivity contribution in [1.29, 1.82) is 0 Å². The molecular formula is C18H19F3N2O3. The van der Waals surface area contributed by atoms with Gasteiger partial charge < -0.3 is 9.47 Å². The summed E-state index contributed by atoms with van der Waals surface area (Å²) in [5.41, 5.74) is 1.57. The molecule has 0 saturated heterocycles. The first kappa shape index (κ1) is 19.7. The Morgan fingerprint density at radius 2 is 2.12 bits per heavy atom. The first-order chi connectivity index (χ1) is 12.3. The molecule has 0 N–H and O–H groups in total. The van der Waals surface area contributed by atoms with Gasteiger partial charge in [-0.25, -0.2) is 0 Å². The summed E-state index contributed by atoms with van der Waals surface area (Å²) in [7, 11) is 1.42. The van der Waals surface area contributed by atoms with E-state index in [1.165, 1.54) is 19.4 Å². The van der Waals surface area contributed by atoms with E-state index in [1.807, 2.05) is 6.92 Å². The van der Waals surface area contributed by atoms with Gasteiger partial charge in [-0.3, -0.25) is 9.48 Å². The molecule has 0 atom stereocenters. The lowest BCUT2D eigenvalue weighted by Gasteiger charge is -2.11. The molecule has 0 aliphatic rings. The molecule has 0 bridgehead atoms. The third kappa shape index (κ3) is 5.73. The van der Waals surface area contributed by atoms with Crippen LogP contribution in [0.2, 0.25) is 0 Å². The van der Waals surface area contributed by atoms with Crippen molar-refractivity contribution < 1.29 is 27.4 Å². The molecule has 0 amide bonds. The standard InChI is InChI=1S/C18H19F3N2O3/c1-3-23-10-15(9-22-23)16(24)6-4-13-5-7-17(25-2)14(8-13)11-26-12-18(19,20)21/h4-10H,3,11-12H2,1-2H3/b6-4+. The molecule has 2 rings (SSSR count). The van der Waals surface area contributed by atoms with Gasteiger partial charge in [-0.2, -0.15) is 18.3 Å². The van der Waals surface area contributed by atoms with Crippen molar-refractivity contribution in [2.24, 2.45) is 0 Å². The number of rotatable bonds is 8. The molecule has 0 unspecified atom stereocenters. The Hall–Kier alpha value is -2.61. The number of halogens is 3. The summed E-state index contributed by atoms with van der Waals surface area (Å²) < 4.78 is 48.1. The van der Waals surface area contributed by atoms with Crippen molar-refractivity contribution in [1.82, 2.24) is 9.78 Å². The Morgan fingerprint density at radius 3 is 2.73 bits per heavy atom. The van der Waals surface area contributed by atoms with Gasteiger partial charge in [-0.1, -0.05) is 12.1 Å². The van der Waals surface area contributed by atoms with Crippen LogP contribution in [0.4, 0.5) is 13.2 Å². The van der Waals surface area contributed by atoms with Crippen LogP contribution in [-0.2, 0) is 17.9 Å². The number of carbonyl (C=O) groups excluding carboxylic acids is 1. The number of alkyl halides is 3. The number of nitrogens with zero attached hydrogens (tertiary/aromatic N) is 2. The maximum absolute atomic E-state index is 12.2. The van der Waals surface area contributed by atoms with Gasteiger partial charge in [0.05, 0.1) is 25.5 Å². The zero-order valence-electron chi connectivity index (χ0n) is 14.4. The Kier molecular flexibility index (Phi) is 6.57. The fourth-order valence-electron chi connectivity index (χ4n) is 2.22. The highest BCUT2D eigenvalue weighted by Crippen LogP contribution is 2.23. The summed E-state index contributed by atoms with van der Waals surface area (Å²) in [6, 6.07) is 4.94. The third-order valence-electron chi connectivity index (χ3n) is 3.50. The predicted molar refractivity (Wildman–Crippen MR) is 90.0 cm³/mol. The largest absolute Gasteiger partial charge is 0.496 e. The van der Waals surface area contributed by atoms with Gasteiger partial charge in [-0.05, 0) is 30.7 Å².